The molecule has 0 aliphatic carbocycles. The largest absolute Gasteiger partial charge is 0.371 e. The highest BCUT2D eigenvalue weighted by molar-refractivity contribution is 6.02. The molecular weight excluding hydrogens is 462 g/mol. The van der Waals surface area contributed by atoms with Crippen molar-refractivity contribution < 1.29 is 4.57 Å². The van der Waals surface area contributed by atoms with Gasteiger partial charge in [0.15, 0.2) is 12.7 Å². The summed E-state index contributed by atoms with van der Waals surface area (Å²) in [6, 6.07) is 15.7. The van der Waals surface area contributed by atoms with Crippen molar-refractivity contribution in [3.8, 4) is 0 Å². The van der Waals surface area contributed by atoms with Gasteiger partial charge in [-0.05, 0) is 103 Å². The Balaban J connectivity index is 1.41. The number of rotatable bonds is 5. The van der Waals surface area contributed by atoms with E-state index in [1.54, 1.807) is 0 Å². The Morgan fingerprint density at radius 2 is 1.76 bits per heavy atom. The lowest BCUT2D eigenvalue weighted by Crippen LogP contribution is -2.41. The number of anilines is 1. The van der Waals surface area contributed by atoms with Crippen molar-refractivity contribution in [1.29, 1.82) is 0 Å². The second-order valence-electron chi connectivity index (χ2n) is 10.7. The standard InChI is InChI=1S/C35H38N3/c1-4-25(3)33(34-28(5-2)16-21-37-18-7-6-12-32(34)37)31-24-26(15-17-36-31)13-14-27-22-29-10-8-19-38-20-9-11-30(23-27)35(29)38/h5-7,12-15,17-18,22-24H,3-4,8-11,16,19-21H2,1-2H3/q+1/b14-13+,28-5-,34-33-. The third kappa shape index (κ3) is 4.55. The van der Waals surface area contributed by atoms with E-state index in [4.69, 9.17) is 4.98 Å². The molecule has 0 amide bonds. The van der Waals surface area contributed by atoms with Crippen LogP contribution in [0.3, 0.4) is 0 Å². The summed E-state index contributed by atoms with van der Waals surface area (Å²) < 4.78 is 2.36. The Morgan fingerprint density at radius 3 is 2.50 bits per heavy atom. The highest BCUT2D eigenvalue weighted by Crippen LogP contribution is 2.39. The normalized spacial score (nSPS) is 18.9. The molecule has 0 bridgehead atoms. The van der Waals surface area contributed by atoms with E-state index in [-0.39, 0.29) is 0 Å². The van der Waals surface area contributed by atoms with E-state index in [1.165, 1.54) is 89.1 Å². The van der Waals surface area contributed by atoms with E-state index in [0.717, 1.165) is 30.7 Å². The van der Waals surface area contributed by atoms with Crippen molar-refractivity contribution in [3.05, 3.63) is 112 Å². The van der Waals surface area contributed by atoms with E-state index < -0.39 is 0 Å². The van der Waals surface area contributed by atoms with Gasteiger partial charge in [0.25, 0.3) is 0 Å². The highest BCUT2D eigenvalue weighted by atomic mass is 15.1. The second kappa shape index (κ2) is 10.6. The molecule has 0 radical (unpaired) electrons. The molecule has 38 heavy (non-hydrogen) atoms. The minimum absolute atomic E-state index is 0.888. The molecule has 2 aromatic heterocycles. The first kappa shape index (κ1) is 24.6. The van der Waals surface area contributed by atoms with Crippen LogP contribution in [0, 0.1) is 0 Å². The number of fused-ring (bicyclic) bond motifs is 1. The van der Waals surface area contributed by atoms with E-state index in [1.807, 2.05) is 6.20 Å². The summed E-state index contributed by atoms with van der Waals surface area (Å²) in [5.41, 5.74) is 14.3. The molecule has 5 heterocycles. The predicted octanol–water partition coefficient (Wildman–Crippen LogP) is 7.47. The molecule has 1 aromatic carbocycles. The topological polar surface area (TPSA) is 20.0 Å². The molecular formula is C35H38N3+. The fraction of sp³-hybridized carbons (Fsp3) is 0.314. The van der Waals surface area contributed by atoms with Gasteiger partial charge in [-0.3, -0.25) is 4.98 Å². The summed E-state index contributed by atoms with van der Waals surface area (Å²) in [5, 5.41) is 0. The molecule has 3 nitrogen and oxygen atoms in total. The average Bonchev–Trinajstić information content (AvgIpc) is 2.96. The van der Waals surface area contributed by atoms with Gasteiger partial charge in [0.2, 0.25) is 5.69 Å². The third-order valence-corrected chi connectivity index (χ3v) is 8.38. The van der Waals surface area contributed by atoms with Crippen molar-refractivity contribution in [3.63, 3.8) is 0 Å². The SMILES string of the molecule is C=C(CC)/C(=C1\C(=C/C)CC[n+]2ccccc21)c1cc(/C=C/c2cc3c4c(c2)CCCN4CCC3)ccn1. The monoisotopic (exact) mass is 500 g/mol. The molecule has 0 N–H and O–H groups in total. The number of aromatic nitrogens is 2. The average molecular weight is 501 g/mol. The maximum absolute atomic E-state index is 4.89. The van der Waals surface area contributed by atoms with Gasteiger partial charge in [0, 0.05) is 49.1 Å². The number of aryl methyl sites for hydroxylation is 3. The summed E-state index contributed by atoms with van der Waals surface area (Å²) in [4.78, 5) is 7.49. The zero-order valence-corrected chi connectivity index (χ0v) is 22.8. The smallest absolute Gasteiger partial charge is 0.213 e. The van der Waals surface area contributed by atoms with Gasteiger partial charge in [0.1, 0.15) is 0 Å². The van der Waals surface area contributed by atoms with Gasteiger partial charge < -0.3 is 4.90 Å². The van der Waals surface area contributed by atoms with E-state index >= 15 is 0 Å². The van der Waals surface area contributed by atoms with Crippen LogP contribution in [-0.2, 0) is 19.4 Å². The van der Waals surface area contributed by atoms with Crippen LogP contribution in [0.15, 0.2) is 78.7 Å². The van der Waals surface area contributed by atoms with Gasteiger partial charge >= 0.3 is 0 Å². The van der Waals surface area contributed by atoms with Crippen LogP contribution in [0.4, 0.5) is 5.69 Å². The number of pyridine rings is 2. The predicted molar refractivity (Wildman–Crippen MR) is 160 cm³/mol. The number of hydrogen-bond acceptors (Lipinski definition) is 2. The molecule has 0 saturated carbocycles. The summed E-state index contributed by atoms with van der Waals surface area (Å²) in [6.07, 6.45) is 17.8. The van der Waals surface area contributed by atoms with Crippen molar-refractivity contribution in [2.45, 2.75) is 58.9 Å². The number of allylic oxidation sites excluding steroid dienone is 5. The molecule has 3 heteroatoms. The lowest BCUT2D eigenvalue weighted by atomic mass is 9.85. The molecule has 3 aliphatic heterocycles. The van der Waals surface area contributed by atoms with Crippen LogP contribution in [-0.4, -0.2) is 18.1 Å². The van der Waals surface area contributed by atoms with Crippen LogP contribution < -0.4 is 9.47 Å². The second-order valence-corrected chi connectivity index (χ2v) is 10.7. The lowest BCUT2D eigenvalue weighted by molar-refractivity contribution is -0.700. The first-order valence-corrected chi connectivity index (χ1v) is 14.3. The van der Waals surface area contributed by atoms with E-state index in [2.05, 4.69) is 96.8 Å². The molecule has 0 saturated heterocycles. The Labute approximate surface area is 227 Å². The van der Waals surface area contributed by atoms with Crippen LogP contribution >= 0.6 is 0 Å². The fourth-order valence-corrected chi connectivity index (χ4v) is 6.48. The molecule has 6 rings (SSSR count). The zero-order chi connectivity index (χ0) is 26.1. The Morgan fingerprint density at radius 1 is 1.00 bits per heavy atom. The molecule has 3 aromatic rings. The minimum atomic E-state index is 0.888. The van der Waals surface area contributed by atoms with Crippen molar-refractivity contribution in [2.24, 2.45) is 0 Å². The van der Waals surface area contributed by atoms with Gasteiger partial charge in [0.05, 0.1) is 11.3 Å². The third-order valence-electron chi connectivity index (χ3n) is 8.38. The van der Waals surface area contributed by atoms with Gasteiger partial charge in [-0.15, -0.1) is 0 Å². The summed E-state index contributed by atoms with van der Waals surface area (Å²) in [6.45, 7) is 12.3. The Hall–Kier alpha value is -3.72. The lowest BCUT2D eigenvalue weighted by Gasteiger charge is -2.37. The van der Waals surface area contributed by atoms with Crippen LogP contribution in [0.25, 0.3) is 23.3 Å². The number of benzene rings is 1. The maximum atomic E-state index is 4.89. The first-order chi connectivity index (χ1) is 18.7. The molecule has 0 atom stereocenters. The van der Waals surface area contributed by atoms with Gasteiger partial charge in [-0.2, -0.15) is 4.57 Å². The van der Waals surface area contributed by atoms with Crippen molar-refractivity contribution >= 4 is 29.0 Å². The number of nitrogens with zero attached hydrogens (tertiary/aromatic N) is 3. The van der Waals surface area contributed by atoms with Crippen LogP contribution in [0.2, 0.25) is 0 Å². The van der Waals surface area contributed by atoms with Crippen molar-refractivity contribution in [2.75, 3.05) is 18.0 Å². The van der Waals surface area contributed by atoms with Crippen LogP contribution in [0.1, 0.15) is 73.2 Å². The van der Waals surface area contributed by atoms with E-state index in [0.29, 0.717) is 0 Å². The molecule has 0 fully saturated rings. The Kier molecular flexibility index (Phi) is 6.84. The van der Waals surface area contributed by atoms with Gasteiger partial charge in [-0.25, -0.2) is 0 Å². The number of hydrogen-bond donors (Lipinski definition) is 0. The molecule has 192 valence electrons. The summed E-state index contributed by atoms with van der Waals surface area (Å²) in [7, 11) is 0. The van der Waals surface area contributed by atoms with Crippen molar-refractivity contribution in [1.82, 2.24) is 4.98 Å². The highest BCUT2D eigenvalue weighted by Gasteiger charge is 2.29. The quantitative estimate of drug-likeness (QED) is 0.339. The molecule has 0 spiro atoms. The van der Waals surface area contributed by atoms with E-state index in [9.17, 15) is 0 Å². The summed E-state index contributed by atoms with van der Waals surface area (Å²) in [5.74, 6) is 0. The summed E-state index contributed by atoms with van der Waals surface area (Å²) >= 11 is 0. The van der Waals surface area contributed by atoms with Gasteiger partial charge in [-0.1, -0.05) is 31.7 Å². The Bertz CT molecular complexity index is 1460. The molecule has 0 unspecified atom stereocenters. The minimum Gasteiger partial charge on any atom is -0.371 e. The fourth-order valence-electron chi connectivity index (χ4n) is 6.48. The van der Waals surface area contributed by atoms with Crippen LogP contribution in [0.5, 0.6) is 0 Å². The molecule has 3 aliphatic rings. The maximum Gasteiger partial charge on any atom is 0.213 e. The zero-order valence-electron chi connectivity index (χ0n) is 22.8. The first-order valence-electron chi connectivity index (χ1n) is 14.3.